The number of esters is 2. The Kier molecular flexibility index (Phi) is 6.24. The Hall–Kier alpha value is -3.67. The van der Waals surface area contributed by atoms with E-state index in [4.69, 9.17) is 9.47 Å². The molecule has 0 amide bonds. The van der Waals surface area contributed by atoms with Gasteiger partial charge in [0.1, 0.15) is 5.57 Å². The normalized spacial score (nSPS) is 13.1. The lowest BCUT2D eigenvalue weighted by Gasteiger charge is -2.14. The summed E-state index contributed by atoms with van der Waals surface area (Å²) in [6, 6.07) is 15.0. The lowest BCUT2D eigenvalue weighted by Crippen LogP contribution is -2.37. The third-order valence-electron chi connectivity index (χ3n) is 4.33. The van der Waals surface area contributed by atoms with Crippen molar-refractivity contribution in [3.05, 3.63) is 70.7 Å². The molecule has 2 aromatic rings. The Labute approximate surface area is 168 Å². The van der Waals surface area contributed by atoms with Gasteiger partial charge < -0.3 is 14.8 Å². The van der Waals surface area contributed by atoms with Gasteiger partial charge in [-0.05, 0) is 30.2 Å². The molecule has 6 nitrogen and oxygen atoms in total. The van der Waals surface area contributed by atoms with Gasteiger partial charge in [0.25, 0.3) is 0 Å². The number of benzene rings is 2. The van der Waals surface area contributed by atoms with Crippen LogP contribution in [-0.2, 0) is 23.9 Å². The van der Waals surface area contributed by atoms with Crippen LogP contribution in [0.1, 0.15) is 19.4 Å². The second-order valence-corrected chi connectivity index (χ2v) is 6.32. The van der Waals surface area contributed by atoms with Crippen molar-refractivity contribution in [3.8, 4) is 0 Å². The zero-order valence-corrected chi connectivity index (χ0v) is 16.2. The molecule has 29 heavy (non-hydrogen) atoms. The molecule has 0 fully saturated rings. The molecule has 3 rings (SSSR count). The Bertz CT molecular complexity index is 1100. The predicted octanol–water partition coefficient (Wildman–Crippen LogP) is 1.78. The van der Waals surface area contributed by atoms with Gasteiger partial charge in [0, 0.05) is 29.2 Å². The highest BCUT2D eigenvalue weighted by Crippen LogP contribution is 2.18. The molecule has 1 aliphatic rings. The summed E-state index contributed by atoms with van der Waals surface area (Å²) in [7, 11) is 0. The van der Waals surface area contributed by atoms with E-state index < -0.39 is 24.3 Å². The largest absolute Gasteiger partial charge is 0.462 e. The van der Waals surface area contributed by atoms with E-state index in [1.54, 1.807) is 19.1 Å². The molecular formula is C23H21NO5. The first kappa shape index (κ1) is 20.1. The van der Waals surface area contributed by atoms with E-state index in [0.29, 0.717) is 10.4 Å². The zero-order valence-electron chi connectivity index (χ0n) is 16.2. The summed E-state index contributed by atoms with van der Waals surface area (Å²) in [6.07, 6.45) is 3.78. The number of rotatable bonds is 6. The average molecular weight is 391 g/mol. The van der Waals surface area contributed by atoms with Crippen molar-refractivity contribution in [3.63, 3.8) is 0 Å². The second kappa shape index (κ2) is 9.01. The molecular weight excluding hydrogens is 370 g/mol. The fraction of sp³-hybridized carbons (Fsp3) is 0.174. The van der Waals surface area contributed by atoms with E-state index in [2.05, 4.69) is 5.32 Å². The van der Waals surface area contributed by atoms with E-state index in [9.17, 15) is 14.4 Å². The monoisotopic (exact) mass is 391 g/mol. The van der Waals surface area contributed by atoms with Gasteiger partial charge in [-0.1, -0.05) is 42.5 Å². The van der Waals surface area contributed by atoms with Gasteiger partial charge in [-0.3, -0.25) is 9.59 Å². The summed E-state index contributed by atoms with van der Waals surface area (Å²) in [6.45, 7) is 2.46. The van der Waals surface area contributed by atoms with Crippen molar-refractivity contribution < 1.29 is 23.9 Å². The molecule has 0 saturated carbocycles. The summed E-state index contributed by atoms with van der Waals surface area (Å²) in [5.41, 5.74) is 2.51. The molecule has 6 heteroatoms. The van der Waals surface area contributed by atoms with Crippen LogP contribution in [-0.4, -0.2) is 30.9 Å². The zero-order chi connectivity index (χ0) is 20.8. The van der Waals surface area contributed by atoms with Gasteiger partial charge in [0.2, 0.25) is 5.78 Å². The fourth-order valence-corrected chi connectivity index (χ4v) is 3.03. The smallest absolute Gasteiger partial charge is 0.342 e. The minimum atomic E-state index is -0.748. The van der Waals surface area contributed by atoms with Crippen molar-refractivity contribution in [1.29, 1.82) is 0 Å². The number of ketones is 1. The van der Waals surface area contributed by atoms with Crippen molar-refractivity contribution >= 4 is 40.6 Å². The maximum atomic E-state index is 12.7. The Morgan fingerprint density at radius 3 is 2.41 bits per heavy atom. The number of carbonyl (C=O) groups is 3. The minimum Gasteiger partial charge on any atom is -0.462 e. The molecule has 1 N–H and O–H groups in total. The SMILES string of the molecule is CCOC(=O)C(C(=O)COC(C)=O)=c1cccc2c1=CC(c1ccccc1)=CN2. The average Bonchev–Trinajstić information content (AvgIpc) is 2.73. The summed E-state index contributed by atoms with van der Waals surface area (Å²) in [5.74, 6) is -1.96. The lowest BCUT2D eigenvalue weighted by molar-refractivity contribution is -0.145. The van der Waals surface area contributed by atoms with E-state index in [1.165, 1.54) is 6.92 Å². The molecule has 0 bridgehead atoms. The van der Waals surface area contributed by atoms with Crippen LogP contribution in [0, 0.1) is 0 Å². The van der Waals surface area contributed by atoms with Crippen LogP contribution in [0.4, 0.5) is 5.69 Å². The van der Waals surface area contributed by atoms with Gasteiger partial charge in [0.15, 0.2) is 6.61 Å². The molecule has 148 valence electrons. The third kappa shape index (κ3) is 4.60. The number of allylic oxidation sites excluding steroid dienone is 1. The van der Waals surface area contributed by atoms with Gasteiger partial charge >= 0.3 is 11.9 Å². The lowest BCUT2D eigenvalue weighted by atomic mass is 9.99. The summed E-state index contributed by atoms with van der Waals surface area (Å²) >= 11 is 0. The summed E-state index contributed by atoms with van der Waals surface area (Å²) in [4.78, 5) is 36.4. The first-order chi connectivity index (χ1) is 14.0. The summed E-state index contributed by atoms with van der Waals surface area (Å²) in [5, 5.41) is 4.32. The minimum absolute atomic E-state index is 0.120. The van der Waals surface area contributed by atoms with Crippen LogP contribution in [0.15, 0.2) is 54.7 Å². The van der Waals surface area contributed by atoms with Gasteiger partial charge in [-0.2, -0.15) is 0 Å². The molecule has 0 spiro atoms. The van der Waals surface area contributed by atoms with Crippen molar-refractivity contribution in [1.82, 2.24) is 0 Å². The molecule has 0 aromatic heterocycles. The Morgan fingerprint density at radius 1 is 0.966 bits per heavy atom. The van der Waals surface area contributed by atoms with Crippen molar-refractivity contribution in [2.24, 2.45) is 0 Å². The van der Waals surface area contributed by atoms with E-state index in [0.717, 1.165) is 16.8 Å². The first-order valence-corrected chi connectivity index (χ1v) is 9.22. The highest BCUT2D eigenvalue weighted by atomic mass is 16.5. The van der Waals surface area contributed by atoms with Gasteiger partial charge in [-0.25, -0.2) is 4.79 Å². The second-order valence-electron chi connectivity index (χ2n) is 6.32. The Balaban J connectivity index is 2.21. The molecule has 0 saturated heterocycles. The topological polar surface area (TPSA) is 81.7 Å². The number of nitrogens with one attached hydrogen (secondary N) is 1. The predicted molar refractivity (Wildman–Crippen MR) is 110 cm³/mol. The van der Waals surface area contributed by atoms with Crippen molar-refractivity contribution in [2.75, 3.05) is 18.5 Å². The fourth-order valence-electron chi connectivity index (χ4n) is 3.03. The number of carbonyl (C=O) groups excluding carboxylic acids is 3. The molecule has 1 heterocycles. The van der Waals surface area contributed by atoms with E-state index >= 15 is 0 Å². The number of fused-ring (bicyclic) bond motifs is 1. The van der Waals surface area contributed by atoms with Crippen molar-refractivity contribution in [2.45, 2.75) is 13.8 Å². The quantitative estimate of drug-likeness (QED) is 0.597. The Morgan fingerprint density at radius 2 is 1.72 bits per heavy atom. The third-order valence-corrected chi connectivity index (χ3v) is 4.33. The van der Waals surface area contributed by atoms with Gasteiger partial charge in [0.05, 0.1) is 6.61 Å². The molecule has 0 aliphatic carbocycles. The molecule has 2 aromatic carbocycles. The van der Waals surface area contributed by atoms with Crippen LogP contribution in [0.5, 0.6) is 0 Å². The first-order valence-electron chi connectivity index (χ1n) is 9.22. The number of anilines is 1. The molecule has 1 aliphatic heterocycles. The highest BCUT2D eigenvalue weighted by Gasteiger charge is 2.23. The van der Waals surface area contributed by atoms with E-state index in [-0.39, 0.29) is 12.2 Å². The van der Waals surface area contributed by atoms with Crippen LogP contribution in [0.2, 0.25) is 0 Å². The highest BCUT2D eigenvalue weighted by molar-refractivity contribution is 6.39. The maximum Gasteiger partial charge on any atom is 0.342 e. The van der Waals surface area contributed by atoms with E-state index in [1.807, 2.05) is 48.7 Å². The number of Topliss-reactive ketones (excluding diaryl/α,β-unsaturated/α-hetero) is 1. The van der Waals surface area contributed by atoms with Crippen LogP contribution < -0.4 is 15.8 Å². The van der Waals surface area contributed by atoms with Crippen LogP contribution in [0.3, 0.4) is 0 Å². The van der Waals surface area contributed by atoms with Crippen LogP contribution >= 0.6 is 0 Å². The molecule has 0 radical (unpaired) electrons. The number of ether oxygens (including phenoxy) is 2. The summed E-state index contributed by atoms with van der Waals surface area (Å²) < 4.78 is 9.92. The molecule has 0 atom stereocenters. The maximum absolute atomic E-state index is 12.7. The van der Waals surface area contributed by atoms with Gasteiger partial charge in [-0.15, -0.1) is 0 Å². The van der Waals surface area contributed by atoms with Crippen LogP contribution in [0.25, 0.3) is 17.2 Å². The molecule has 0 unspecified atom stereocenters. The standard InChI is InChI=1S/C23H21NO5/c1-3-28-23(27)22(21(26)14-29-15(2)25)18-10-7-11-20-19(18)12-17(13-24-20)16-8-5-4-6-9-16/h4-13,24H,3,14H2,1-2H3. The number of hydrogen-bond acceptors (Lipinski definition) is 6. The number of hydrogen-bond donors (Lipinski definition) is 1.